The molecule has 0 bridgehead atoms. The van der Waals surface area contributed by atoms with Crippen LogP contribution in [0.3, 0.4) is 0 Å². The lowest BCUT2D eigenvalue weighted by atomic mass is 9.92. The molecule has 2 N–H and O–H groups in total. The fourth-order valence-electron chi connectivity index (χ4n) is 3.57. The Balaban J connectivity index is 1.83. The molecule has 0 saturated heterocycles. The quantitative estimate of drug-likeness (QED) is 0.615. The van der Waals surface area contributed by atoms with E-state index in [1.54, 1.807) is 13.8 Å². The topological polar surface area (TPSA) is 83.8 Å². The largest absolute Gasteiger partial charge is 0.479 e. The third-order valence-electron chi connectivity index (χ3n) is 4.74. The van der Waals surface area contributed by atoms with Crippen LogP contribution in [0.15, 0.2) is 48.5 Å². The van der Waals surface area contributed by atoms with E-state index in [9.17, 15) is 19.8 Å². The summed E-state index contributed by atoms with van der Waals surface area (Å²) in [5, 5.41) is 19.6. The van der Waals surface area contributed by atoms with Crippen LogP contribution in [0.1, 0.15) is 37.3 Å². The molecule has 1 unspecified atom stereocenters. The molecule has 1 aliphatic carbocycles. The van der Waals surface area contributed by atoms with Crippen LogP contribution in [0, 0.1) is 5.92 Å². The van der Waals surface area contributed by atoms with E-state index in [4.69, 9.17) is 4.74 Å². The van der Waals surface area contributed by atoms with Crippen LogP contribution in [0.2, 0.25) is 0 Å². The molecule has 1 atom stereocenters. The minimum absolute atomic E-state index is 0.0133. The number of carboxylic acids is 1. The maximum Gasteiger partial charge on any atom is 0.350 e. The van der Waals surface area contributed by atoms with E-state index in [2.05, 4.69) is 0 Å². The van der Waals surface area contributed by atoms with Crippen LogP contribution in [-0.2, 0) is 14.3 Å². The summed E-state index contributed by atoms with van der Waals surface area (Å²) in [6.07, 6.45) is -0.195. The molecule has 136 valence electrons. The van der Waals surface area contributed by atoms with E-state index >= 15 is 0 Å². The molecule has 0 aromatic heterocycles. The van der Waals surface area contributed by atoms with Crippen LogP contribution in [-0.4, -0.2) is 34.4 Å². The second kappa shape index (κ2) is 6.92. The number of hydrogen-bond acceptors (Lipinski definition) is 4. The van der Waals surface area contributed by atoms with Gasteiger partial charge in [-0.15, -0.1) is 0 Å². The van der Waals surface area contributed by atoms with Crippen molar-refractivity contribution in [2.45, 2.75) is 31.8 Å². The van der Waals surface area contributed by atoms with Gasteiger partial charge in [-0.05, 0) is 28.2 Å². The van der Waals surface area contributed by atoms with Crippen molar-refractivity contribution in [1.82, 2.24) is 0 Å². The van der Waals surface area contributed by atoms with Crippen molar-refractivity contribution in [2.75, 3.05) is 6.61 Å². The van der Waals surface area contributed by atoms with Crippen LogP contribution < -0.4 is 0 Å². The zero-order valence-corrected chi connectivity index (χ0v) is 14.8. The molecule has 0 amide bonds. The number of esters is 1. The zero-order valence-electron chi connectivity index (χ0n) is 14.8. The van der Waals surface area contributed by atoms with Gasteiger partial charge in [0.1, 0.15) is 6.61 Å². The van der Waals surface area contributed by atoms with Gasteiger partial charge in [0.15, 0.2) is 0 Å². The number of hydrogen-bond donors (Lipinski definition) is 2. The highest BCUT2D eigenvalue weighted by Gasteiger charge is 2.47. The smallest absolute Gasteiger partial charge is 0.350 e. The van der Waals surface area contributed by atoms with Crippen LogP contribution >= 0.6 is 0 Å². The van der Waals surface area contributed by atoms with E-state index in [-0.39, 0.29) is 24.9 Å². The Morgan fingerprint density at radius 2 is 1.54 bits per heavy atom. The number of aliphatic carboxylic acids is 1. The average molecular weight is 354 g/mol. The molecule has 26 heavy (non-hydrogen) atoms. The highest BCUT2D eigenvalue weighted by Crippen LogP contribution is 2.44. The van der Waals surface area contributed by atoms with Crippen molar-refractivity contribution in [3.05, 3.63) is 59.7 Å². The maximum absolute atomic E-state index is 12.4. The van der Waals surface area contributed by atoms with E-state index in [0.29, 0.717) is 0 Å². The third-order valence-corrected chi connectivity index (χ3v) is 4.74. The lowest BCUT2D eigenvalue weighted by Gasteiger charge is -2.24. The van der Waals surface area contributed by atoms with E-state index in [1.165, 1.54) is 0 Å². The Labute approximate surface area is 152 Å². The van der Waals surface area contributed by atoms with Gasteiger partial charge < -0.3 is 14.9 Å². The lowest BCUT2D eigenvalue weighted by molar-refractivity contribution is -0.182. The van der Waals surface area contributed by atoms with Crippen molar-refractivity contribution in [3.8, 4) is 11.1 Å². The fraction of sp³-hybridized carbons (Fsp3) is 0.333. The predicted octanol–water partition coefficient (Wildman–Crippen LogP) is 3.20. The van der Waals surface area contributed by atoms with Crippen LogP contribution in [0.25, 0.3) is 11.1 Å². The third kappa shape index (κ3) is 3.10. The van der Waals surface area contributed by atoms with E-state index in [1.807, 2.05) is 48.5 Å². The van der Waals surface area contributed by atoms with Gasteiger partial charge in [0.05, 0.1) is 0 Å². The summed E-state index contributed by atoms with van der Waals surface area (Å²) in [6.45, 7) is 3.47. The van der Waals surface area contributed by atoms with Gasteiger partial charge >= 0.3 is 11.9 Å². The Bertz CT molecular complexity index is 796. The predicted molar refractivity (Wildman–Crippen MR) is 96.7 cm³/mol. The number of carbonyl (C=O) groups is 2. The molecular weight excluding hydrogens is 332 g/mol. The summed E-state index contributed by atoms with van der Waals surface area (Å²) in [6, 6.07) is 15.7. The second-order valence-electron chi connectivity index (χ2n) is 7.09. The summed E-state index contributed by atoms with van der Waals surface area (Å²) in [5.74, 6) is -3.04. The lowest BCUT2D eigenvalue weighted by Crippen LogP contribution is -2.49. The highest BCUT2D eigenvalue weighted by atomic mass is 16.6. The summed E-state index contributed by atoms with van der Waals surface area (Å²) >= 11 is 0. The summed E-state index contributed by atoms with van der Waals surface area (Å²) in [5.41, 5.74) is 1.71. The van der Waals surface area contributed by atoms with Crippen molar-refractivity contribution in [3.63, 3.8) is 0 Å². The molecule has 5 heteroatoms. The number of rotatable bonds is 6. The molecule has 0 radical (unpaired) electrons. The van der Waals surface area contributed by atoms with Gasteiger partial charge in [0.2, 0.25) is 0 Å². The first-order valence-corrected chi connectivity index (χ1v) is 8.66. The first-order chi connectivity index (χ1) is 12.3. The Morgan fingerprint density at radius 3 is 2.00 bits per heavy atom. The average Bonchev–Trinajstić information content (AvgIpc) is 2.93. The number of carbonyl (C=O) groups excluding carboxylic acids is 1. The molecule has 0 spiro atoms. The molecule has 1 aliphatic rings. The van der Waals surface area contributed by atoms with Gasteiger partial charge in [0, 0.05) is 12.3 Å². The van der Waals surface area contributed by atoms with Gasteiger partial charge in [-0.1, -0.05) is 62.4 Å². The summed E-state index contributed by atoms with van der Waals surface area (Å²) in [4.78, 5) is 23.8. The molecule has 0 aliphatic heterocycles. The van der Waals surface area contributed by atoms with Crippen molar-refractivity contribution in [1.29, 1.82) is 0 Å². The Hall–Kier alpha value is -2.66. The monoisotopic (exact) mass is 354 g/mol. The van der Waals surface area contributed by atoms with Gasteiger partial charge in [0.25, 0.3) is 5.60 Å². The molecule has 2 aromatic rings. The van der Waals surface area contributed by atoms with Crippen LogP contribution in [0.4, 0.5) is 0 Å². The minimum Gasteiger partial charge on any atom is -0.479 e. The minimum atomic E-state index is -2.52. The molecule has 0 saturated carbocycles. The Kier molecular flexibility index (Phi) is 4.83. The molecule has 2 aromatic carbocycles. The number of fused-ring (bicyclic) bond motifs is 3. The zero-order chi connectivity index (χ0) is 18.9. The van der Waals surface area contributed by atoms with E-state index in [0.717, 1.165) is 22.3 Å². The normalized spacial score (nSPS) is 15.2. The van der Waals surface area contributed by atoms with Gasteiger partial charge in [-0.3, -0.25) is 0 Å². The van der Waals surface area contributed by atoms with Gasteiger partial charge in [-0.2, -0.15) is 0 Å². The highest BCUT2D eigenvalue weighted by molar-refractivity contribution is 6.02. The standard InChI is InChI=1S/C21H22O5/c1-13(2)11-21(25,19(22)23)20(24)26-12-18-16-9-5-3-7-14(16)15-8-4-6-10-17(15)18/h3-10,13,18,25H,11-12H2,1-2H3,(H,22,23). The van der Waals surface area contributed by atoms with Crippen molar-refractivity contribution >= 4 is 11.9 Å². The number of carboxylic acid groups (broad SMARTS) is 1. The number of benzene rings is 2. The molecule has 5 nitrogen and oxygen atoms in total. The SMILES string of the molecule is CC(C)CC(O)(C(=O)O)C(=O)OCC1c2ccccc2-c2ccccc21. The molecule has 0 heterocycles. The molecule has 0 fully saturated rings. The van der Waals surface area contributed by atoms with E-state index < -0.39 is 17.5 Å². The first-order valence-electron chi connectivity index (χ1n) is 8.66. The summed E-state index contributed by atoms with van der Waals surface area (Å²) < 4.78 is 5.30. The first kappa shape index (κ1) is 18.1. The van der Waals surface area contributed by atoms with Crippen molar-refractivity contribution in [2.24, 2.45) is 5.92 Å². The Morgan fingerprint density at radius 1 is 1.04 bits per heavy atom. The van der Waals surface area contributed by atoms with Gasteiger partial charge in [-0.25, -0.2) is 9.59 Å². The van der Waals surface area contributed by atoms with Crippen LogP contribution in [0.5, 0.6) is 0 Å². The maximum atomic E-state index is 12.4. The molecular formula is C21H22O5. The second-order valence-corrected chi connectivity index (χ2v) is 7.09. The van der Waals surface area contributed by atoms with Crippen molar-refractivity contribution < 1.29 is 24.5 Å². The fourth-order valence-corrected chi connectivity index (χ4v) is 3.57. The molecule has 3 rings (SSSR count). The number of ether oxygens (including phenoxy) is 1. The number of aliphatic hydroxyl groups is 1. The summed E-state index contributed by atoms with van der Waals surface area (Å²) in [7, 11) is 0.